The summed E-state index contributed by atoms with van der Waals surface area (Å²) in [6, 6.07) is 52.6. The van der Waals surface area contributed by atoms with Gasteiger partial charge in [0.2, 0.25) is 0 Å². The summed E-state index contributed by atoms with van der Waals surface area (Å²) in [4.78, 5) is 21.6. The largest absolute Gasteiger partial charge is 0.294 e. The molecular weight excluding hydrogens is 574 g/mol. The first-order valence-electron chi connectivity index (χ1n) is 15.6. The lowest BCUT2D eigenvalue weighted by atomic mass is 9.90. The van der Waals surface area contributed by atoms with Crippen LogP contribution in [0.15, 0.2) is 164 Å². The molecule has 0 amide bonds. The summed E-state index contributed by atoms with van der Waals surface area (Å²) >= 11 is 0. The molecule has 3 heterocycles. The predicted octanol–water partition coefficient (Wildman–Crippen LogP) is 10.5. The van der Waals surface area contributed by atoms with Gasteiger partial charge in [0.25, 0.3) is 0 Å². The number of hydrogen-bond donors (Lipinski definition) is 0. The van der Waals surface area contributed by atoms with E-state index in [1.165, 1.54) is 21.9 Å². The molecule has 5 nitrogen and oxygen atoms in total. The maximum absolute atomic E-state index is 5.03. The van der Waals surface area contributed by atoms with Gasteiger partial charge in [-0.25, -0.2) is 19.9 Å². The quantitative estimate of drug-likeness (QED) is 0.196. The molecule has 0 aliphatic carbocycles. The minimum atomic E-state index is 0.680. The van der Waals surface area contributed by atoms with Gasteiger partial charge in [0.05, 0.1) is 17.1 Å². The molecule has 1 aliphatic rings. The Morgan fingerprint density at radius 3 is 1.77 bits per heavy atom. The van der Waals surface area contributed by atoms with Crippen LogP contribution in [0.1, 0.15) is 0 Å². The van der Waals surface area contributed by atoms with Gasteiger partial charge >= 0.3 is 0 Å². The number of aromatic nitrogens is 4. The predicted molar refractivity (Wildman–Crippen MR) is 191 cm³/mol. The van der Waals surface area contributed by atoms with Crippen LogP contribution in [0.2, 0.25) is 0 Å². The van der Waals surface area contributed by atoms with Crippen LogP contribution < -0.4 is 4.90 Å². The first kappa shape index (κ1) is 26.9. The number of fused-ring (bicyclic) bond motifs is 2. The Hall–Kier alpha value is -6.46. The van der Waals surface area contributed by atoms with Gasteiger partial charge in [-0.3, -0.25) is 4.90 Å². The van der Waals surface area contributed by atoms with Gasteiger partial charge in [0, 0.05) is 39.5 Å². The molecule has 220 valence electrons. The molecular formula is C42H27N5. The number of anilines is 3. The molecule has 0 unspecified atom stereocenters. The molecule has 9 rings (SSSR count). The Morgan fingerprint density at radius 1 is 0.468 bits per heavy atom. The van der Waals surface area contributed by atoms with Crippen molar-refractivity contribution in [2.45, 2.75) is 0 Å². The highest BCUT2D eigenvalue weighted by Gasteiger charge is 2.28. The van der Waals surface area contributed by atoms with E-state index < -0.39 is 0 Å². The molecule has 0 saturated heterocycles. The third-order valence-corrected chi connectivity index (χ3v) is 8.75. The average Bonchev–Trinajstić information content (AvgIpc) is 3.16. The average molecular weight is 602 g/mol. The third kappa shape index (κ3) is 4.73. The number of hydrogen-bond acceptors (Lipinski definition) is 5. The van der Waals surface area contributed by atoms with Crippen molar-refractivity contribution < 1.29 is 0 Å². The van der Waals surface area contributed by atoms with E-state index in [-0.39, 0.29) is 0 Å². The van der Waals surface area contributed by atoms with Gasteiger partial charge < -0.3 is 0 Å². The molecule has 1 aliphatic heterocycles. The lowest BCUT2D eigenvalue weighted by molar-refractivity contribution is 1.11. The maximum atomic E-state index is 5.03. The van der Waals surface area contributed by atoms with Crippen molar-refractivity contribution in [3.8, 4) is 56.2 Å². The molecule has 0 radical (unpaired) electrons. The minimum absolute atomic E-state index is 0.680. The smallest absolute Gasteiger partial charge is 0.160 e. The van der Waals surface area contributed by atoms with Crippen molar-refractivity contribution >= 4 is 28.0 Å². The van der Waals surface area contributed by atoms with Crippen LogP contribution in [0, 0.1) is 0 Å². The first-order valence-corrected chi connectivity index (χ1v) is 15.6. The summed E-state index contributed by atoms with van der Waals surface area (Å²) in [5, 5.41) is 2.36. The fourth-order valence-corrected chi connectivity index (χ4v) is 6.52. The number of benzene rings is 6. The third-order valence-electron chi connectivity index (χ3n) is 8.75. The first-order chi connectivity index (χ1) is 23.3. The van der Waals surface area contributed by atoms with Crippen molar-refractivity contribution in [2.75, 3.05) is 4.90 Å². The van der Waals surface area contributed by atoms with E-state index in [1.54, 1.807) is 6.33 Å². The monoisotopic (exact) mass is 601 g/mol. The second kappa shape index (κ2) is 11.2. The lowest BCUT2D eigenvalue weighted by Gasteiger charge is -2.32. The Labute approximate surface area is 272 Å². The SMILES string of the molecule is c1ccc(-c2cc3c4c(cccc4c2)N(c2ccc(-c4nc(-c5ccccc5)cc(-c5ccccc5)n4)cc2)c2ncncc2-3)cc1. The second-order valence-electron chi connectivity index (χ2n) is 11.6. The van der Waals surface area contributed by atoms with Crippen LogP contribution in [0.5, 0.6) is 0 Å². The van der Waals surface area contributed by atoms with Gasteiger partial charge in [-0.05, 0) is 70.6 Å². The van der Waals surface area contributed by atoms with E-state index in [0.29, 0.717) is 5.82 Å². The Morgan fingerprint density at radius 2 is 1.11 bits per heavy atom. The van der Waals surface area contributed by atoms with Crippen molar-refractivity contribution in [3.05, 3.63) is 164 Å². The van der Waals surface area contributed by atoms with Crippen molar-refractivity contribution in [1.82, 2.24) is 19.9 Å². The van der Waals surface area contributed by atoms with Crippen molar-refractivity contribution in [3.63, 3.8) is 0 Å². The van der Waals surface area contributed by atoms with Gasteiger partial charge in [0.1, 0.15) is 12.1 Å². The molecule has 0 saturated carbocycles. The van der Waals surface area contributed by atoms with Crippen LogP contribution >= 0.6 is 0 Å². The molecule has 0 spiro atoms. The highest BCUT2D eigenvalue weighted by Crippen LogP contribution is 2.50. The van der Waals surface area contributed by atoms with Gasteiger partial charge in [-0.1, -0.05) is 103 Å². The summed E-state index contributed by atoms with van der Waals surface area (Å²) in [5.41, 5.74) is 11.4. The van der Waals surface area contributed by atoms with Crippen LogP contribution in [-0.4, -0.2) is 19.9 Å². The van der Waals surface area contributed by atoms with Crippen LogP contribution in [0.4, 0.5) is 17.2 Å². The molecule has 8 aromatic rings. The highest BCUT2D eigenvalue weighted by atomic mass is 15.2. The molecule has 2 aromatic heterocycles. The number of rotatable bonds is 5. The lowest BCUT2D eigenvalue weighted by Crippen LogP contribution is -2.16. The standard InChI is InChI=1S/C42H27N5/c1-4-11-28(12-5-1)33-23-32-17-10-18-39-40(32)35(24-33)36-26-43-27-44-42(36)47(39)34-21-19-31(20-22-34)41-45-37(29-13-6-2-7-14-29)25-38(46-41)30-15-8-3-9-16-30/h1-27H. The summed E-state index contributed by atoms with van der Waals surface area (Å²) in [6.07, 6.45) is 3.55. The summed E-state index contributed by atoms with van der Waals surface area (Å²) in [6.45, 7) is 0. The molecule has 47 heavy (non-hydrogen) atoms. The Kier molecular flexibility index (Phi) is 6.39. The Balaban J connectivity index is 1.17. The molecule has 6 aromatic carbocycles. The van der Waals surface area contributed by atoms with Crippen LogP contribution in [-0.2, 0) is 0 Å². The van der Waals surface area contributed by atoms with Crippen LogP contribution in [0.3, 0.4) is 0 Å². The zero-order valence-electron chi connectivity index (χ0n) is 25.3. The highest BCUT2D eigenvalue weighted by molar-refractivity contribution is 6.14. The van der Waals surface area contributed by atoms with E-state index in [9.17, 15) is 0 Å². The van der Waals surface area contributed by atoms with E-state index in [4.69, 9.17) is 15.0 Å². The molecule has 0 atom stereocenters. The van der Waals surface area contributed by atoms with Gasteiger partial charge in [-0.2, -0.15) is 0 Å². The maximum Gasteiger partial charge on any atom is 0.160 e. The molecule has 0 bridgehead atoms. The van der Waals surface area contributed by atoms with Crippen molar-refractivity contribution in [1.29, 1.82) is 0 Å². The zero-order chi connectivity index (χ0) is 31.2. The second-order valence-corrected chi connectivity index (χ2v) is 11.6. The van der Waals surface area contributed by atoms with Gasteiger partial charge in [0.15, 0.2) is 5.82 Å². The fraction of sp³-hybridized carbons (Fsp3) is 0. The van der Waals surface area contributed by atoms with E-state index in [1.807, 2.05) is 48.7 Å². The summed E-state index contributed by atoms with van der Waals surface area (Å²) in [7, 11) is 0. The molecule has 5 heteroatoms. The van der Waals surface area contributed by atoms with E-state index in [2.05, 4.69) is 119 Å². The van der Waals surface area contributed by atoms with E-state index in [0.717, 1.165) is 56.4 Å². The minimum Gasteiger partial charge on any atom is -0.294 e. The fourth-order valence-electron chi connectivity index (χ4n) is 6.52. The Bertz CT molecular complexity index is 2330. The van der Waals surface area contributed by atoms with Gasteiger partial charge in [-0.15, -0.1) is 0 Å². The topological polar surface area (TPSA) is 54.8 Å². The van der Waals surface area contributed by atoms with Crippen molar-refractivity contribution in [2.24, 2.45) is 0 Å². The summed E-state index contributed by atoms with van der Waals surface area (Å²) < 4.78 is 0. The van der Waals surface area contributed by atoms with E-state index >= 15 is 0 Å². The van der Waals surface area contributed by atoms with Crippen LogP contribution in [0.25, 0.3) is 66.9 Å². The molecule has 0 fully saturated rings. The zero-order valence-corrected chi connectivity index (χ0v) is 25.3. The molecule has 0 N–H and O–H groups in total. The normalized spacial score (nSPS) is 11.8. The number of nitrogens with zero attached hydrogens (tertiary/aromatic N) is 5. The summed E-state index contributed by atoms with van der Waals surface area (Å²) in [5.74, 6) is 1.53.